The van der Waals surface area contributed by atoms with E-state index in [4.69, 9.17) is 12.2 Å². The molecule has 1 aromatic carbocycles. The molecule has 1 aliphatic carbocycles. The lowest BCUT2D eigenvalue weighted by Gasteiger charge is -2.49. The highest BCUT2D eigenvalue weighted by Crippen LogP contribution is 2.41. The lowest BCUT2D eigenvalue weighted by molar-refractivity contribution is -0.124. The number of Topliss-reactive ketones (excluding diaryl/α,β-unsaturated/α-hetero) is 1. The molecule has 1 aromatic rings. The molecule has 0 aliphatic heterocycles. The van der Waals surface area contributed by atoms with Gasteiger partial charge in [-0.05, 0) is 63.6 Å². The van der Waals surface area contributed by atoms with Crippen LogP contribution in [0, 0.1) is 0 Å². The Labute approximate surface area is 149 Å². The molecule has 2 rings (SSSR count). The van der Waals surface area contributed by atoms with Gasteiger partial charge in [0.1, 0.15) is 5.54 Å². The molecule has 0 spiro atoms. The van der Waals surface area contributed by atoms with Gasteiger partial charge < -0.3 is 10.2 Å². The Morgan fingerprint density at radius 2 is 1.83 bits per heavy atom. The monoisotopic (exact) mass is 346 g/mol. The van der Waals surface area contributed by atoms with Crippen molar-refractivity contribution in [3.63, 3.8) is 0 Å². The maximum Gasteiger partial charge on any atom is 0.219 e. The van der Waals surface area contributed by atoms with E-state index in [9.17, 15) is 9.59 Å². The van der Waals surface area contributed by atoms with Crippen molar-refractivity contribution in [3.05, 3.63) is 29.8 Å². The minimum absolute atomic E-state index is 0.0718. The third kappa shape index (κ3) is 3.83. The van der Waals surface area contributed by atoms with Crippen LogP contribution in [0.4, 0.5) is 5.69 Å². The Morgan fingerprint density at radius 1 is 1.21 bits per heavy atom. The lowest BCUT2D eigenvalue weighted by Crippen LogP contribution is -2.60. The van der Waals surface area contributed by atoms with Crippen LogP contribution in [0.5, 0.6) is 0 Å². The van der Waals surface area contributed by atoms with Crippen molar-refractivity contribution in [1.82, 2.24) is 5.32 Å². The summed E-state index contributed by atoms with van der Waals surface area (Å²) in [7, 11) is 1.66. The van der Waals surface area contributed by atoms with E-state index in [0.29, 0.717) is 6.42 Å². The SMILES string of the molecule is CNC(=O)CCCc1ccc(N(C(C)=S)C2(C(C)=O)CCC2)cc1. The molecule has 1 fully saturated rings. The first-order valence-electron chi connectivity index (χ1n) is 8.52. The molecule has 0 radical (unpaired) electrons. The number of nitrogens with one attached hydrogen (secondary N) is 1. The van der Waals surface area contributed by atoms with Crippen molar-refractivity contribution in [2.24, 2.45) is 0 Å². The fourth-order valence-electron chi connectivity index (χ4n) is 3.36. The number of thiocarbonyl (C=S) groups is 1. The molecular weight excluding hydrogens is 320 g/mol. The van der Waals surface area contributed by atoms with Crippen LogP contribution in [0.15, 0.2) is 24.3 Å². The molecule has 0 saturated heterocycles. The Balaban J connectivity index is 2.11. The van der Waals surface area contributed by atoms with Gasteiger partial charge >= 0.3 is 0 Å². The Bertz CT molecular complexity index is 621. The number of rotatable bonds is 7. The summed E-state index contributed by atoms with van der Waals surface area (Å²) in [5, 5.41) is 2.64. The zero-order chi connectivity index (χ0) is 17.7. The number of hydrogen-bond acceptors (Lipinski definition) is 3. The molecule has 0 atom stereocenters. The van der Waals surface area contributed by atoms with Gasteiger partial charge in [0.25, 0.3) is 0 Å². The van der Waals surface area contributed by atoms with E-state index < -0.39 is 5.54 Å². The molecule has 0 aromatic heterocycles. The Hall–Kier alpha value is -1.75. The van der Waals surface area contributed by atoms with E-state index in [0.717, 1.165) is 42.8 Å². The molecule has 1 N–H and O–H groups in total. The second-order valence-corrected chi connectivity index (χ2v) is 7.08. The fourth-order valence-corrected chi connectivity index (χ4v) is 3.65. The summed E-state index contributed by atoms with van der Waals surface area (Å²) in [6.07, 6.45) is 5.02. The number of carbonyl (C=O) groups excluding carboxylic acids is 2. The van der Waals surface area contributed by atoms with E-state index in [1.165, 1.54) is 5.56 Å². The van der Waals surface area contributed by atoms with Crippen molar-refractivity contribution in [2.75, 3.05) is 11.9 Å². The summed E-state index contributed by atoms with van der Waals surface area (Å²) in [6, 6.07) is 8.20. The molecule has 0 heterocycles. The van der Waals surface area contributed by atoms with E-state index in [2.05, 4.69) is 17.4 Å². The van der Waals surface area contributed by atoms with E-state index >= 15 is 0 Å². The van der Waals surface area contributed by atoms with E-state index in [1.807, 2.05) is 24.0 Å². The van der Waals surface area contributed by atoms with Gasteiger partial charge in [0, 0.05) is 19.2 Å². The molecule has 1 aliphatic rings. The van der Waals surface area contributed by atoms with Crippen molar-refractivity contribution in [1.29, 1.82) is 0 Å². The molecule has 1 saturated carbocycles. The molecule has 4 nitrogen and oxygen atoms in total. The van der Waals surface area contributed by atoms with Crippen LogP contribution in [-0.4, -0.2) is 29.3 Å². The summed E-state index contributed by atoms with van der Waals surface area (Å²) < 4.78 is 0. The molecule has 0 unspecified atom stereocenters. The van der Waals surface area contributed by atoms with Gasteiger partial charge in [-0.3, -0.25) is 9.59 Å². The van der Waals surface area contributed by atoms with Gasteiger partial charge in [-0.1, -0.05) is 24.4 Å². The van der Waals surface area contributed by atoms with Gasteiger partial charge in [-0.15, -0.1) is 0 Å². The standard InChI is InChI=1S/C19H26N2O2S/c1-14(22)19(12-5-13-19)21(15(2)24)17-10-8-16(9-11-17)6-4-7-18(23)20-3/h8-11H,4-7,12-13H2,1-3H3,(H,20,23). The van der Waals surface area contributed by atoms with Crippen LogP contribution in [0.25, 0.3) is 0 Å². The highest BCUT2D eigenvalue weighted by Gasteiger charge is 2.47. The van der Waals surface area contributed by atoms with Crippen LogP contribution in [0.1, 0.15) is 51.5 Å². The fraction of sp³-hybridized carbons (Fsp3) is 0.526. The van der Waals surface area contributed by atoms with Crippen LogP contribution in [0.2, 0.25) is 0 Å². The van der Waals surface area contributed by atoms with Gasteiger partial charge in [0.05, 0.1) is 4.99 Å². The summed E-state index contributed by atoms with van der Waals surface area (Å²) in [4.78, 5) is 26.3. The summed E-state index contributed by atoms with van der Waals surface area (Å²) in [5.74, 6) is 0.259. The second-order valence-electron chi connectivity index (χ2n) is 6.49. The normalized spacial score (nSPS) is 15.3. The number of ketones is 1. The number of amides is 1. The third-order valence-corrected chi connectivity index (χ3v) is 5.10. The number of benzene rings is 1. The van der Waals surface area contributed by atoms with E-state index in [1.54, 1.807) is 14.0 Å². The van der Waals surface area contributed by atoms with Crippen LogP contribution in [0.3, 0.4) is 0 Å². The number of hydrogen-bond donors (Lipinski definition) is 1. The predicted molar refractivity (Wildman–Crippen MR) is 101 cm³/mol. The maximum absolute atomic E-state index is 12.2. The Kier molecular flexibility index (Phi) is 6.10. The minimum atomic E-state index is -0.452. The maximum atomic E-state index is 12.2. The number of carbonyl (C=O) groups is 2. The van der Waals surface area contributed by atoms with Crippen LogP contribution >= 0.6 is 12.2 Å². The summed E-state index contributed by atoms with van der Waals surface area (Å²) in [5.41, 5.74) is 1.72. The zero-order valence-electron chi connectivity index (χ0n) is 14.7. The predicted octanol–water partition coefficient (Wildman–Crippen LogP) is 3.42. The first-order valence-corrected chi connectivity index (χ1v) is 8.93. The van der Waals surface area contributed by atoms with E-state index in [-0.39, 0.29) is 11.7 Å². The highest BCUT2D eigenvalue weighted by molar-refractivity contribution is 7.80. The second kappa shape index (κ2) is 7.88. The molecular formula is C19H26N2O2S. The average molecular weight is 346 g/mol. The Morgan fingerprint density at radius 3 is 2.25 bits per heavy atom. The minimum Gasteiger partial charge on any atom is -0.359 e. The van der Waals surface area contributed by atoms with Crippen molar-refractivity contribution in [3.8, 4) is 0 Å². The molecule has 1 amide bonds. The first kappa shape index (κ1) is 18.6. The lowest BCUT2D eigenvalue weighted by atomic mass is 9.72. The topological polar surface area (TPSA) is 49.4 Å². The van der Waals surface area contributed by atoms with Gasteiger partial charge in [0.2, 0.25) is 5.91 Å². The quantitative estimate of drug-likeness (QED) is 0.769. The summed E-state index contributed by atoms with van der Waals surface area (Å²) >= 11 is 5.44. The molecule has 130 valence electrons. The van der Waals surface area contributed by atoms with Crippen molar-refractivity contribution >= 4 is 34.6 Å². The molecule has 24 heavy (non-hydrogen) atoms. The summed E-state index contributed by atoms with van der Waals surface area (Å²) in [6.45, 7) is 3.55. The van der Waals surface area contributed by atoms with Crippen LogP contribution < -0.4 is 10.2 Å². The number of aryl methyl sites for hydroxylation is 1. The first-order chi connectivity index (χ1) is 11.4. The van der Waals surface area contributed by atoms with Crippen molar-refractivity contribution in [2.45, 2.75) is 57.9 Å². The molecule has 5 heteroatoms. The average Bonchev–Trinajstić information content (AvgIpc) is 2.50. The zero-order valence-corrected chi connectivity index (χ0v) is 15.5. The third-order valence-electron chi connectivity index (χ3n) is 4.92. The largest absolute Gasteiger partial charge is 0.359 e. The number of nitrogens with zero attached hydrogens (tertiary/aromatic N) is 1. The van der Waals surface area contributed by atoms with Gasteiger partial charge in [-0.2, -0.15) is 0 Å². The van der Waals surface area contributed by atoms with Gasteiger partial charge in [-0.25, -0.2) is 0 Å². The molecule has 0 bridgehead atoms. The van der Waals surface area contributed by atoms with Crippen molar-refractivity contribution < 1.29 is 9.59 Å². The van der Waals surface area contributed by atoms with Gasteiger partial charge in [0.15, 0.2) is 5.78 Å². The van der Waals surface area contributed by atoms with Crippen LogP contribution in [-0.2, 0) is 16.0 Å². The number of anilines is 1. The smallest absolute Gasteiger partial charge is 0.219 e. The highest BCUT2D eigenvalue weighted by atomic mass is 32.1.